The molecule has 0 bridgehead atoms. The summed E-state index contributed by atoms with van der Waals surface area (Å²) in [6, 6.07) is 0. The fraction of sp³-hybridized carbons (Fsp3) is 0.769. The molecule has 86 valence electrons. The molecule has 0 unspecified atom stereocenters. The minimum absolute atomic E-state index is 0.948. The summed E-state index contributed by atoms with van der Waals surface area (Å²) in [4.78, 5) is 0. The van der Waals surface area contributed by atoms with Crippen molar-refractivity contribution in [2.45, 2.75) is 65.2 Å². The molecule has 0 atom stereocenters. The molecule has 2 heteroatoms. The van der Waals surface area contributed by atoms with Gasteiger partial charge in [-0.1, -0.05) is 29.6 Å². The normalized spacial score (nSPS) is 17.6. The maximum Gasteiger partial charge on any atom is 0.0574 e. The Labute approximate surface area is 93.1 Å². The molecule has 1 N–H and O–H groups in total. The maximum atomic E-state index is 8.86. The van der Waals surface area contributed by atoms with Gasteiger partial charge in [-0.05, 0) is 51.9 Å². The third-order valence-corrected chi connectivity index (χ3v) is 3.31. The Morgan fingerprint density at radius 2 is 2.13 bits per heavy atom. The van der Waals surface area contributed by atoms with Crippen molar-refractivity contribution >= 4 is 5.71 Å². The standard InChI is InChI=1S/C13H23NO/c1-3-4-8-13(14-15)10-9-12-7-5-6-11(12)2/h15H,3-10H2,1-2H3/b14-13-. The van der Waals surface area contributed by atoms with Crippen molar-refractivity contribution in [1.29, 1.82) is 0 Å². The lowest BCUT2D eigenvalue weighted by Gasteiger charge is -2.05. The molecule has 0 aromatic carbocycles. The van der Waals surface area contributed by atoms with Crippen LogP contribution >= 0.6 is 0 Å². The highest BCUT2D eigenvalue weighted by Crippen LogP contribution is 2.28. The zero-order valence-electron chi connectivity index (χ0n) is 10.1. The molecule has 0 amide bonds. The van der Waals surface area contributed by atoms with Gasteiger partial charge < -0.3 is 5.21 Å². The summed E-state index contributed by atoms with van der Waals surface area (Å²) >= 11 is 0. The number of nitrogens with zero attached hydrogens (tertiary/aromatic N) is 1. The summed E-state index contributed by atoms with van der Waals surface area (Å²) in [6.07, 6.45) is 9.17. The number of hydrogen-bond acceptors (Lipinski definition) is 2. The Kier molecular flexibility index (Phi) is 5.44. The molecule has 0 radical (unpaired) electrons. The van der Waals surface area contributed by atoms with Gasteiger partial charge in [-0.2, -0.15) is 0 Å². The molecule has 0 aliphatic heterocycles. The lowest BCUT2D eigenvalue weighted by Crippen LogP contribution is -1.99. The fourth-order valence-electron chi connectivity index (χ4n) is 2.20. The smallest absolute Gasteiger partial charge is 0.0574 e. The predicted octanol–water partition coefficient (Wildman–Crippen LogP) is 4.29. The van der Waals surface area contributed by atoms with Crippen molar-refractivity contribution in [1.82, 2.24) is 0 Å². The van der Waals surface area contributed by atoms with Crippen molar-refractivity contribution in [3.8, 4) is 0 Å². The van der Waals surface area contributed by atoms with Crippen molar-refractivity contribution < 1.29 is 5.21 Å². The van der Waals surface area contributed by atoms with Crippen LogP contribution in [0.2, 0.25) is 0 Å². The average molecular weight is 209 g/mol. The van der Waals surface area contributed by atoms with Crippen LogP contribution in [-0.2, 0) is 0 Å². The summed E-state index contributed by atoms with van der Waals surface area (Å²) in [7, 11) is 0. The van der Waals surface area contributed by atoms with Crippen molar-refractivity contribution in [3.05, 3.63) is 11.1 Å². The first-order valence-electron chi connectivity index (χ1n) is 6.15. The minimum Gasteiger partial charge on any atom is -0.411 e. The van der Waals surface area contributed by atoms with Gasteiger partial charge in [0.15, 0.2) is 0 Å². The van der Waals surface area contributed by atoms with Crippen molar-refractivity contribution in [2.24, 2.45) is 5.16 Å². The van der Waals surface area contributed by atoms with Crippen molar-refractivity contribution in [3.63, 3.8) is 0 Å². The Hall–Kier alpha value is -0.790. The van der Waals surface area contributed by atoms with E-state index in [2.05, 4.69) is 19.0 Å². The highest BCUT2D eigenvalue weighted by Gasteiger charge is 2.11. The summed E-state index contributed by atoms with van der Waals surface area (Å²) in [5.74, 6) is 0. The molecule has 2 nitrogen and oxygen atoms in total. The van der Waals surface area contributed by atoms with Crippen LogP contribution in [0, 0.1) is 0 Å². The molecule has 0 spiro atoms. The van der Waals surface area contributed by atoms with E-state index in [-0.39, 0.29) is 0 Å². The Bertz CT molecular complexity index is 253. The zero-order chi connectivity index (χ0) is 11.1. The van der Waals surface area contributed by atoms with Gasteiger partial charge in [-0.3, -0.25) is 0 Å². The van der Waals surface area contributed by atoms with E-state index in [4.69, 9.17) is 5.21 Å². The molecule has 0 saturated heterocycles. The highest BCUT2D eigenvalue weighted by molar-refractivity contribution is 5.84. The van der Waals surface area contributed by atoms with Crippen molar-refractivity contribution in [2.75, 3.05) is 0 Å². The second-order valence-electron chi connectivity index (χ2n) is 4.51. The van der Waals surface area contributed by atoms with Gasteiger partial charge in [-0.25, -0.2) is 0 Å². The van der Waals surface area contributed by atoms with Gasteiger partial charge in [0.1, 0.15) is 0 Å². The quantitative estimate of drug-likeness (QED) is 0.301. The Morgan fingerprint density at radius 1 is 1.33 bits per heavy atom. The van der Waals surface area contributed by atoms with Crippen LogP contribution in [-0.4, -0.2) is 10.9 Å². The van der Waals surface area contributed by atoms with E-state index in [0.29, 0.717) is 0 Å². The van der Waals surface area contributed by atoms with Gasteiger partial charge in [0.25, 0.3) is 0 Å². The SMILES string of the molecule is CCCC/C(CCC1=C(C)CCC1)=N/O. The predicted molar refractivity (Wildman–Crippen MR) is 64.5 cm³/mol. The van der Waals surface area contributed by atoms with E-state index in [9.17, 15) is 0 Å². The first kappa shape index (κ1) is 12.3. The Balaban J connectivity index is 2.31. The molecule has 0 fully saturated rings. The maximum absolute atomic E-state index is 8.86. The topological polar surface area (TPSA) is 32.6 Å². The van der Waals surface area contributed by atoms with Crippen LogP contribution in [0.15, 0.2) is 16.3 Å². The lowest BCUT2D eigenvalue weighted by molar-refractivity contribution is 0.316. The summed E-state index contributed by atoms with van der Waals surface area (Å²) in [5, 5.41) is 12.3. The van der Waals surface area contributed by atoms with Gasteiger partial charge in [-0.15, -0.1) is 0 Å². The summed E-state index contributed by atoms with van der Waals surface area (Å²) in [5.41, 5.74) is 4.15. The highest BCUT2D eigenvalue weighted by atomic mass is 16.4. The molecular weight excluding hydrogens is 186 g/mol. The number of hydrogen-bond donors (Lipinski definition) is 1. The molecule has 1 aliphatic rings. The van der Waals surface area contributed by atoms with Crippen LogP contribution < -0.4 is 0 Å². The first-order valence-corrected chi connectivity index (χ1v) is 6.15. The van der Waals surface area contributed by atoms with E-state index in [1.54, 1.807) is 11.1 Å². The van der Waals surface area contributed by atoms with E-state index in [1.165, 1.54) is 25.7 Å². The van der Waals surface area contributed by atoms with Crippen LogP contribution in [0.5, 0.6) is 0 Å². The summed E-state index contributed by atoms with van der Waals surface area (Å²) in [6.45, 7) is 4.41. The molecule has 0 aromatic rings. The third-order valence-electron chi connectivity index (χ3n) is 3.31. The third kappa shape index (κ3) is 4.06. The van der Waals surface area contributed by atoms with Crippen LogP contribution in [0.3, 0.4) is 0 Å². The largest absolute Gasteiger partial charge is 0.411 e. The second kappa shape index (κ2) is 6.65. The van der Waals surface area contributed by atoms with E-state index < -0.39 is 0 Å². The number of unbranched alkanes of at least 4 members (excludes halogenated alkanes) is 1. The molecule has 1 rings (SSSR count). The molecule has 15 heavy (non-hydrogen) atoms. The van der Waals surface area contributed by atoms with Crippen LogP contribution in [0.1, 0.15) is 65.2 Å². The van der Waals surface area contributed by atoms with Gasteiger partial charge in [0.2, 0.25) is 0 Å². The molecule has 0 heterocycles. The van der Waals surface area contributed by atoms with Gasteiger partial charge in [0, 0.05) is 0 Å². The van der Waals surface area contributed by atoms with Gasteiger partial charge in [0.05, 0.1) is 5.71 Å². The fourth-order valence-corrected chi connectivity index (χ4v) is 2.20. The monoisotopic (exact) mass is 209 g/mol. The lowest BCUT2D eigenvalue weighted by atomic mass is 10.0. The molecular formula is C13H23NO. The second-order valence-corrected chi connectivity index (χ2v) is 4.51. The number of oxime groups is 1. The molecule has 0 aromatic heterocycles. The number of rotatable bonds is 6. The summed E-state index contributed by atoms with van der Waals surface area (Å²) < 4.78 is 0. The Morgan fingerprint density at radius 3 is 2.67 bits per heavy atom. The van der Waals surface area contributed by atoms with Crippen LogP contribution in [0.25, 0.3) is 0 Å². The minimum atomic E-state index is 0.948. The molecule has 1 aliphatic carbocycles. The average Bonchev–Trinajstić information content (AvgIpc) is 2.65. The number of allylic oxidation sites excluding steroid dienone is 2. The van der Waals surface area contributed by atoms with E-state index in [0.717, 1.165) is 31.4 Å². The van der Waals surface area contributed by atoms with E-state index in [1.807, 2.05) is 0 Å². The van der Waals surface area contributed by atoms with E-state index >= 15 is 0 Å². The van der Waals surface area contributed by atoms with Crippen LogP contribution in [0.4, 0.5) is 0 Å². The molecule has 0 saturated carbocycles. The zero-order valence-corrected chi connectivity index (χ0v) is 10.1. The van der Waals surface area contributed by atoms with Gasteiger partial charge >= 0.3 is 0 Å². The first-order chi connectivity index (χ1) is 7.27.